The van der Waals surface area contributed by atoms with Crippen molar-refractivity contribution in [1.82, 2.24) is 0 Å². The molecule has 0 aliphatic carbocycles. The Morgan fingerprint density at radius 2 is 0.577 bits per heavy atom. The third-order valence-corrected chi connectivity index (χ3v) is 13.5. The standard InChI is InChI=1S/C65H116O6/c1-4-7-10-13-16-19-22-24-26-28-30-32-34-35-37-39-41-43-46-49-52-55-58-64(67)70-61-62(60-69-63(66)57-54-51-48-45-21-18-15-12-9-6-3)71-65(68)59-56-53-50-47-44-42-40-38-36-33-31-29-27-25-23-20-17-14-11-8-5-2/h8,11-12,15,17,20,25,27,31,33,62H,4-7,9-10,13-14,16,18-19,21-24,26,28-30,32,34-61H2,1-3H3/b11-8-,15-12-,20-17-,27-25-,33-31-. The Kier molecular flexibility index (Phi) is 57.2. The fourth-order valence-electron chi connectivity index (χ4n) is 8.91. The summed E-state index contributed by atoms with van der Waals surface area (Å²) in [5.41, 5.74) is 0. The van der Waals surface area contributed by atoms with Gasteiger partial charge >= 0.3 is 17.9 Å². The molecule has 0 aliphatic heterocycles. The molecule has 0 bridgehead atoms. The highest BCUT2D eigenvalue weighted by atomic mass is 16.6. The van der Waals surface area contributed by atoms with Crippen LogP contribution in [0.25, 0.3) is 0 Å². The molecule has 0 aromatic rings. The second-order valence-electron chi connectivity index (χ2n) is 20.6. The molecule has 0 saturated heterocycles. The molecule has 0 rings (SSSR count). The molecule has 6 nitrogen and oxygen atoms in total. The average Bonchev–Trinajstić information content (AvgIpc) is 3.37. The zero-order chi connectivity index (χ0) is 51.4. The fourth-order valence-corrected chi connectivity index (χ4v) is 8.91. The minimum absolute atomic E-state index is 0.0772. The number of allylic oxidation sites excluding steroid dienone is 10. The van der Waals surface area contributed by atoms with Gasteiger partial charge in [0.25, 0.3) is 0 Å². The van der Waals surface area contributed by atoms with E-state index in [-0.39, 0.29) is 31.1 Å². The van der Waals surface area contributed by atoms with Crippen molar-refractivity contribution in [3.63, 3.8) is 0 Å². The molecule has 0 saturated carbocycles. The lowest BCUT2D eigenvalue weighted by Gasteiger charge is -2.18. The van der Waals surface area contributed by atoms with E-state index < -0.39 is 6.10 Å². The number of carbonyl (C=O) groups is 3. The first kappa shape index (κ1) is 68.1. The molecule has 412 valence electrons. The van der Waals surface area contributed by atoms with Crippen molar-refractivity contribution in [3.05, 3.63) is 60.8 Å². The van der Waals surface area contributed by atoms with Crippen molar-refractivity contribution in [1.29, 1.82) is 0 Å². The minimum atomic E-state index is -0.780. The molecular weight excluding hydrogens is 877 g/mol. The minimum Gasteiger partial charge on any atom is -0.462 e. The summed E-state index contributed by atoms with van der Waals surface area (Å²) in [5.74, 6) is -0.882. The Labute approximate surface area is 440 Å². The zero-order valence-corrected chi connectivity index (χ0v) is 47.2. The molecule has 71 heavy (non-hydrogen) atoms. The molecule has 0 heterocycles. The number of hydrogen-bond acceptors (Lipinski definition) is 6. The monoisotopic (exact) mass is 993 g/mol. The molecule has 0 spiro atoms. The normalized spacial score (nSPS) is 12.4. The highest BCUT2D eigenvalue weighted by Gasteiger charge is 2.19. The Balaban J connectivity index is 4.25. The maximum Gasteiger partial charge on any atom is 0.306 e. The number of esters is 3. The van der Waals surface area contributed by atoms with Crippen LogP contribution in [0.1, 0.15) is 316 Å². The summed E-state index contributed by atoms with van der Waals surface area (Å²) >= 11 is 0. The summed E-state index contributed by atoms with van der Waals surface area (Å²) in [4.78, 5) is 38.2. The molecule has 0 aromatic carbocycles. The summed E-state index contributed by atoms with van der Waals surface area (Å²) in [6.07, 6.45) is 75.2. The lowest BCUT2D eigenvalue weighted by atomic mass is 10.0. The van der Waals surface area contributed by atoms with Crippen molar-refractivity contribution in [3.8, 4) is 0 Å². The number of carbonyl (C=O) groups excluding carboxylic acids is 3. The van der Waals surface area contributed by atoms with Crippen LogP contribution in [0.3, 0.4) is 0 Å². The van der Waals surface area contributed by atoms with Gasteiger partial charge in [-0.25, -0.2) is 0 Å². The van der Waals surface area contributed by atoms with Gasteiger partial charge in [-0.1, -0.05) is 281 Å². The third kappa shape index (κ3) is 57.9. The molecule has 0 amide bonds. The van der Waals surface area contributed by atoms with Gasteiger partial charge in [0.2, 0.25) is 0 Å². The summed E-state index contributed by atoms with van der Waals surface area (Å²) in [5, 5.41) is 0. The van der Waals surface area contributed by atoms with Crippen LogP contribution in [0.15, 0.2) is 60.8 Å². The largest absolute Gasteiger partial charge is 0.462 e. The van der Waals surface area contributed by atoms with E-state index in [1.165, 1.54) is 173 Å². The van der Waals surface area contributed by atoms with Crippen molar-refractivity contribution < 1.29 is 28.6 Å². The van der Waals surface area contributed by atoms with Gasteiger partial charge in [0.15, 0.2) is 6.10 Å². The fraction of sp³-hybridized carbons (Fsp3) is 0.800. The zero-order valence-electron chi connectivity index (χ0n) is 47.2. The van der Waals surface area contributed by atoms with Crippen LogP contribution in [0.5, 0.6) is 0 Å². The van der Waals surface area contributed by atoms with Crippen molar-refractivity contribution >= 4 is 17.9 Å². The highest BCUT2D eigenvalue weighted by molar-refractivity contribution is 5.71. The SMILES string of the molecule is CC/C=C\C/C=C\C/C=C\C/C=C\CCCCCCCCCCC(=O)OC(COC(=O)CCCCCCC/C=C\CCC)COC(=O)CCCCCCCCCCCCCCCCCCCCCCCC. The summed E-state index contributed by atoms with van der Waals surface area (Å²) in [6, 6.07) is 0. The molecule has 0 fully saturated rings. The first-order valence-corrected chi connectivity index (χ1v) is 30.8. The summed E-state index contributed by atoms with van der Waals surface area (Å²) < 4.78 is 16.9. The Bertz CT molecular complexity index is 1280. The molecular formula is C65H116O6. The van der Waals surface area contributed by atoms with Crippen molar-refractivity contribution in [2.45, 2.75) is 322 Å². The Morgan fingerprint density at radius 3 is 0.930 bits per heavy atom. The van der Waals surface area contributed by atoms with E-state index in [0.29, 0.717) is 19.3 Å². The number of hydrogen-bond donors (Lipinski definition) is 0. The van der Waals surface area contributed by atoms with Gasteiger partial charge in [-0.15, -0.1) is 0 Å². The molecule has 1 unspecified atom stereocenters. The van der Waals surface area contributed by atoms with E-state index in [2.05, 4.69) is 81.5 Å². The smallest absolute Gasteiger partial charge is 0.306 e. The van der Waals surface area contributed by atoms with Crippen LogP contribution < -0.4 is 0 Å². The van der Waals surface area contributed by atoms with Gasteiger partial charge in [0, 0.05) is 19.3 Å². The first-order valence-electron chi connectivity index (χ1n) is 30.8. The van der Waals surface area contributed by atoms with Crippen LogP contribution in [0, 0.1) is 0 Å². The van der Waals surface area contributed by atoms with Gasteiger partial charge in [0.1, 0.15) is 13.2 Å². The van der Waals surface area contributed by atoms with Crippen LogP contribution >= 0.6 is 0 Å². The Morgan fingerprint density at radius 1 is 0.296 bits per heavy atom. The predicted octanol–water partition coefficient (Wildman–Crippen LogP) is 20.8. The van der Waals surface area contributed by atoms with Crippen molar-refractivity contribution in [2.75, 3.05) is 13.2 Å². The highest BCUT2D eigenvalue weighted by Crippen LogP contribution is 2.17. The second kappa shape index (κ2) is 59.7. The van der Waals surface area contributed by atoms with Gasteiger partial charge in [0.05, 0.1) is 0 Å². The second-order valence-corrected chi connectivity index (χ2v) is 20.6. The van der Waals surface area contributed by atoms with E-state index in [1.54, 1.807) is 0 Å². The third-order valence-electron chi connectivity index (χ3n) is 13.5. The average molecular weight is 994 g/mol. The first-order chi connectivity index (χ1) is 35.0. The number of ether oxygens (including phenoxy) is 3. The van der Waals surface area contributed by atoms with E-state index in [9.17, 15) is 14.4 Å². The molecule has 1 atom stereocenters. The van der Waals surface area contributed by atoms with E-state index >= 15 is 0 Å². The number of rotatable bonds is 56. The predicted molar refractivity (Wildman–Crippen MR) is 307 cm³/mol. The lowest BCUT2D eigenvalue weighted by Crippen LogP contribution is -2.30. The van der Waals surface area contributed by atoms with Crippen molar-refractivity contribution in [2.24, 2.45) is 0 Å². The van der Waals surface area contributed by atoms with Crippen LogP contribution in [-0.2, 0) is 28.6 Å². The summed E-state index contributed by atoms with van der Waals surface area (Å²) in [6.45, 7) is 6.49. The van der Waals surface area contributed by atoms with E-state index in [1.807, 2.05) is 0 Å². The molecule has 0 radical (unpaired) electrons. The lowest BCUT2D eigenvalue weighted by molar-refractivity contribution is -0.167. The maximum atomic E-state index is 12.9. The molecule has 6 heteroatoms. The molecule has 0 aliphatic rings. The summed E-state index contributed by atoms with van der Waals surface area (Å²) in [7, 11) is 0. The molecule has 0 N–H and O–H groups in total. The van der Waals surface area contributed by atoms with Gasteiger partial charge in [-0.2, -0.15) is 0 Å². The topological polar surface area (TPSA) is 78.9 Å². The Hall–Kier alpha value is -2.89. The van der Waals surface area contributed by atoms with Crippen LogP contribution in [0.2, 0.25) is 0 Å². The van der Waals surface area contributed by atoms with Gasteiger partial charge < -0.3 is 14.2 Å². The van der Waals surface area contributed by atoms with Crippen LogP contribution in [0.4, 0.5) is 0 Å². The van der Waals surface area contributed by atoms with Gasteiger partial charge in [-0.05, 0) is 77.0 Å². The van der Waals surface area contributed by atoms with Gasteiger partial charge in [-0.3, -0.25) is 14.4 Å². The number of unbranched alkanes of at least 4 members (excludes halogenated alkanes) is 35. The van der Waals surface area contributed by atoms with Crippen LogP contribution in [-0.4, -0.2) is 37.2 Å². The van der Waals surface area contributed by atoms with E-state index in [4.69, 9.17) is 14.2 Å². The molecule has 0 aromatic heterocycles. The quantitative estimate of drug-likeness (QED) is 0.0261. The maximum absolute atomic E-state index is 12.9. The van der Waals surface area contributed by atoms with E-state index in [0.717, 1.165) is 103 Å².